The van der Waals surface area contributed by atoms with Gasteiger partial charge in [0.2, 0.25) is 5.91 Å². The molecule has 5 heteroatoms. The molecule has 2 heterocycles. The number of hydrogen-bond donors (Lipinski definition) is 2. The zero-order valence-corrected chi connectivity index (χ0v) is 14.3. The first-order valence-electron chi connectivity index (χ1n) is 8.70. The van der Waals surface area contributed by atoms with Gasteiger partial charge in [-0.15, -0.1) is 0 Å². The SMILES string of the molecule is C[C@@H](c1ccccc1)N1Cc2c(ccc3[nH]ncc23)CC[C@@H](N)C1=O. The summed E-state index contributed by atoms with van der Waals surface area (Å²) in [5, 5.41) is 8.28. The zero-order chi connectivity index (χ0) is 17.4. The van der Waals surface area contributed by atoms with Crippen molar-refractivity contribution >= 4 is 16.8 Å². The Balaban J connectivity index is 1.80. The fraction of sp³-hybridized carbons (Fsp3) is 0.300. The zero-order valence-electron chi connectivity index (χ0n) is 14.3. The van der Waals surface area contributed by atoms with Crippen LogP contribution < -0.4 is 5.73 Å². The number of aryl methyl sites for hydroxylation is 1. The Kier molecular flexibility index (Phi) is 4.01. The summed E-state index contributed by atoms with van der Waals surface area (Å²) in [5.74, 6) is 0.0162. The molecule has 4 rings (SSSR count). The van der Waals surface area contributed by atoms with Crippen LogP contribution in [0.15, 0.2) is 48.7 Å². The summed E-state index contributed by atoms with van der Waals surface area (Å²) in [5.41, 5.74) is 10.7. The molecule has 3 N–H and O–H groups in total. The molecule has 2 aromatic carbocycles. The lowest BCUT2D eigenvalue weighted by atomic mass is 9.93. The van der Waals surface area contributed by atoms with Crippen molar-refractivity contribution in [3.8, 4) is 0 Å². The van der Waals surface area contributed by atoms with Crippen LogP contribution in [0.1, 0.15) is 36.1 Å². The second-order valence-electron chi connectivity index (χ2n) is 6.73. The van der Waals surface area contributed by atoms with Crippen LogP contribution in [-0.2, 0) is 17.8 Å². The van der Waals surface area contributed by atoms with Crippen molar-refractivity contribution in [2.75, 3.05) is 0 Å². The van der Waals surface area contributed by atoms with Crippen LogP contribution in [0.4, 0.5) is 0 Å². The summed E-state index contributed by atoms with van der Waals surface area (Å²) in [4.78, 5) is 14.9. The first-order chi connectivity index (χ1) is 12.1. The van der Waals surface area contributed by atoms with Gasteiger partial charge in [0, 0.05) is 11.9 Å². The van der Waals surface area contributed by atoms with Gasteiger partial charge in [-0.3, -0.25) is 9.89 Å². The van der Waals surface area contributed by atoms with E-state index < -0.39 is 6.04 Å². The molecule has 1 aromatic heterocycles. The summed E-state index contributed by atoms with van der Waals surface area (Å²) < 4.78 is 0. The summed E-state index contributed by atoms with van der Waals surface area (Å²) in [6.45, 7) is 2.62. The van der Waals surface area contributed by atoms with Crippen molar-refractivity contribution in [1.82, 2.24) is 15.1 Å². The Morgan fingerprint density at radius 1 is 1.24 bits per heavy atom. The van der Waals surface area contributed by atoms with Crippen LogP contribution in [0.3, 0.4) is 0 Å². The standard InChI is InChI=1S/C20H22N4O/c1-13(14-5-3-2-4-6-14)24-12-17-15(7-9-18(21)20(24)25)8-10-19-16(17)11-22-23-19/h2-6,8,10-11,13,18H,7,9,12,21H2,1H3,(H,22,23)/t13-,18+/m0/s1. The van der Waals surface area contributed by atoms with E-state index in [9.17, 15) is 4.79 Å². The lowest BCUT2D eigenvalue weighted by molar-refractivity contribution is -0.135. The molecule has 0 unspecified atom stereocenters. The van der Waals surface area contributed by atoms with E-state index in [0.29, 0.717) is 13.0 Å². The number of carbonyl (C=O) groups excluding carboxylic acids is 1. The average Bonchev–Trinajstić information content (AvgIpc) is 3.12. The van der Waals surface area contributed by atoms with E-state index in [1.807, 2.05) is 29.3 Å². The molecule has 1 aliphatic rings. The van der Waals surface area contributed by atoms with Crippen molar-refractivity contribution in [3.05, 3.63) is 65.4 Å². The van der Waals surface area contributed by atoms with E-state index in [0.717, 1.165) is 22.9 Å². The molecule has 5 nitrogen and oxygen atoms in total. The number of benzene rings is 2. The van der Waals surface area contributed by atoms with E-state index in [1.54, 1.807) is 0 Å². The van der Waals surface area contributed by atoms with E-state index >= 15 is 0 Å². The van der Waals surface area contributed by atoms with E-state index in [4.69, 9.17) is 5.73 Å². The van der Waals surface area contributed by atoms with Crippen LogP contribution in [-0.4, -0.2) is 27.0 Å². The second-order valence-corrected chi connectivity index (χ2v) is 6.73. The van der Waals surface area contributed by atoms with Crippen LogP contribution in [0.25, 0.3) is 10.9 Å². The maximum absolute atomic E-state index is 13.0. The number of rotatable bonds is 2. The smallest absolute Gasteiger partial charge is 0.240 e. The molecular weight excluding hydrogens is 312 g/mol. The van der Waals surface area contributed by atoms with Crippen molar-refractivity contribution in [2.24, 2.45) is 5.73 Å². The third-order valence-electron chi connectivity index (χ3n) is 5.24. The molecule has 3 aromatic rings. The molecule has 0 aliphatic carbocycles. The average molecular weight is 334 g/mol. The van der Waals surface area contributed by atoms with Gasteiger partial charge < -0.3 is 10.6 Å². The summed E-state index contributed by atoms with van der Waals surface area (Å²) >= 11 is 0. The van der Waals surface area contributed by atoms with Gasteiger partial charge in [-0.05, 0) is 42.5 Å². The highest BCUT2D eigenvalue weighted by Gasteiger charge is 2.29. The predicted molar refractivity (Wildman–Crippen MR) is 97.8 cm³/mol. The van der Waals surface area contributed by atoms with Gasteiger partial charge in [0.1, 0.15) is 0 Å². The molecule has 0 spiro atoms. The first-order valence-corrected chi connectivity index (χ1v) is 8.70. The Labute approximate surface area is 146 Å². The number of nitrogens with zero attached hydrogens (tertiary/aromatic N) is 2. The molecule has 0 fully saturated rings. The van der Waals surface area contributed by atoms with Crippen LogP contribution in [0, 0.1) is 0 Å². The minimum Gasteiger partial charge on any atom is -0.330 e. The number of fused-ring (bicyclic) bond motifs is 3. The third kappa shape index (κ3) is 2.81. The lowest BCUT2D eigenvalue weighted by Gasteiger charge is -2.34. The van der Waals surface area contributed by atoms with Gasteiger partial charge in [0.15, 0.2) is 0 Å². The van der Waals surface area contributed by atoms with E-state index in [-0.39, 0.29) is 11.9 Å². The van der Waals surface area contributed by atoms with Gasteiger partial charge in [-0.2, -0.15) is 5.10 Å². The molecule has 0 bridgehead atoms. The minimum atomic E-state index is -0.459. The number of H-pyrrole nitrogens is 1. The molecule has 1 aliphatic heterocycles. The normalized spacial score (nSPS) is 19.4. The van der Waals surface area contributed by atoms with Gasteiger partial charge in [0.05, 0.1) is 23.8 Å². The summed E-state index contributed by atoms with van der Waals surface area (Å²) in [6, 6.07) is 13.8. The maximum atomic E-state index is 13.0. The highest BCUT2D eigenvalue weighted by atomic mass is 16.2. The fourth-order valence-corrected chi connectivity index (χ4v) is 3.68. The number of aromatic nitrogens is 2. The highest BCUT2D eigenvalue weighted by molar-refractivity contribution is 5.86. The van der Waals surface area contributed by atoms with Gasteiger partial charge in [-0.1, -0.05) is 36.4 Å². The number of aromatic amines is 1. The highest BCUT2D eigenvalue weighted by Crippen LogP contribution is 2.30. The number of nitrogens with two attached hydrogens (primary N) is 1. The summed E-state index contributed by atoms with van der Waals surface area (Å²) in [7, 11) is 0. The number of hydrogen-bond acceptors (Lipinski definition) is 3. The molecule has 1 amide bonds. The van der Waals surface area contributed by atoms with Crippen molar-refractivity contribution in [3.63, 3.8) is 0 Å². The van der Waals surface area contributed by atoms with E-state index in [2.05, 4.69) is 41.4 Å². The van der Waals surface area contributed by atoms with Gasteiger partial charge in [0.25, 0.3) is 0 Å². The van der Waals surface area contributed by atoms with Crippen molar-refractivity contribution < 1.29 is 4.79 Å². The number of nitrogens with one attached hydrogen (secondary N) is 1. The Bertz CT molecular complexity index is 902. The van der Waals surface area contributed by atoms with Gasteiger partial charge in [-0.25, -0.2) is 0 Å². The quantitative estimate of drug-likeness (QED) is 0.756. The second kappa shape index (κ2) is 6.33. The topological polar surface area (TPSA) is 75.0 Å². The molecule has 0 saturated carbocycles. The monoisotopic (exact) mass is 334 g/mol. The molecule has 0 saturated heterocycles. The Morgan fingerprint density at radius 3 is 2.84 bits per heavy atom. The lowest BCUT2D eigenvalue weighted by Crippen LogP contribution is -2.46. The van der Waals surface area contributed by atoms with Crippen molar-refractivity contribution in [1.29, 1.82) is 0 Å². The fourth-order valence-electron chi connectivity index (χ4n) is 3.68. The molecular formula is C20H22N4O. The van der Waals surface area contributed by atoms with Crippen LogP contribution in [0.2, 0.25) is 0 Å². The van der Waals surface area contributed by atoms with Crippen LogP contribution in [0.5, 0.6) is 0 Å². The first kappa shape index (κ1) is 15.8. The molecule has 25 heavy (non-hydrogen) atoms. The predicted octanol–water partition coefficient (Wildman–Crippen LogP) is 2.93. The Morgan fingerprint density at radius 2 is 2.04 bits per heavy atom. The van der Waals surface area contributed by atoms with E-state index in [1.165, 1.54) is 11.1 Å². The minimum absolute atomic E-state index is 0.0162. The van der Waals surface area contributed by atoms with Crippen molar-refractivity contribution in [2.45, 2.75) is 38.4 Å². The van der Waals surface area contributed by atoms with Gasteiger partial charge >= 0.3 is 0 Å². The largest absolute Gasteiger partial charge is 0.330 e. The number of amides is 1. The number of carbonyl (C=O) groups is 1. The molecule has 0 radical (unpaired) electrons. The molecule has 2 atom stereocenters. The third-order valence-corrected chi connectivity index (χ3v) is 5.24. The van der Waals surface area contributed by atoms with Crippen LogP contribution >= 0.6 is 0 Å². The summed E-state index contributed by atoms with van der Waals surface area (Å²) in [6.07, 6.45) is 3.33. The molecule has 128 valence electrons. The maximum Gasteiger partial charge on any atom is 0.240 e. The Hall–Kier alpha value is -2.66.